The maximum Gasteiger partial charge on any atom is 0.325 e. The van der Waals surface area contributed by atoms with E-state index in [9.17, 15) is 18.3 Å². The lowest BCUT2D eigenvalue weighted by Crippen LogP contribution is -2.44. The molecule has 4 rings (SSSR count). The van der Waals surface area contributed by atoms with Gasteiger partial charge in [0.15, 0.2) is 0 Å². The van der Waals surface area contributed by atoms with Crippen LogP contribution in [-0.2, 0) is 14.8 Å². The highest BCUT2D eigenvalue weighted by molar-refractivity contribution is 7.91. The third-order valence-electron chi connectivity index (χ3n) is 4.69. The Bertz CT molecular complexity index is 1130. The van der Waals surface area contributed by atoms with Gasteiger partial charge in [-0.05, 0) is 36.2 Å². The maximum absolute atomic E-state index is 12.9. The van der Waals surface area contributed by atoms with E-state index in [1.165, 1.54) is 12.3 Å². The van der Waals surface area contributed by atoms with E-state index in [1.54, 1.807) is 42.5 Å². The Labute approximate surface area is 170 Å². The van der Waals surface area contributed by atoms with Crippen LogP contribution < -0.4 is 4.72 Å². The van der Waals surface area contributed by atoms with Gasteiger partial charge in [0.05, 0.1) is 15.6 Å². The van der Waals surface area contributed by atoms with Crippen molar-refractivity contribution in [3.63, 3.8) is 0 Å². The molecule has 0 bridgehead atoms. The van der Waals surface area contributed by atoms with Crippen LogP contribution in [0.15, 0.2) is 65.0 Å². The first-order valence-electron chi connectivity index (χ1n) is 8.36. The largest absolute Gasteiger partial charge is 0.480 e. The monoisotopic (exact) mass is 434 g/mol. The number of rotatable bonds is 6. The van der Waals surface area contributed by atoms with Crippen molar-refractivity contribution in [2.45, 2.75) is 22.1 Å². The van der Waals surface area contributed by atoms with Gasteiger partial charge in [0.2, 0.25) is 0 Å². The zero-order chi connectivity index (χ0) is 19.9. The van der Waals surface area contributed by atoms with E-state index in [0.29, 0.717) is 15.6 Å². The zero-order valence-electron chi connectivity index (χ0n) is 14.4. The number of carbonyl (C=O) groups is 1. The molecule has 9 heteroatoms. The highest BCUT2D eigenvalue weighted by atomic mass is 35.5. The summed E-state index contributed by atoms with van der Waals surface area (Å²) in [5.74, 6) is -1.58. The summed E-state index contributed by atoms with van der Waals surface area (Å²) in [7, 11) is -4.00. The molecule has 2 atom stereocenters. The third kappa shape index (κ3) is 3.44. The Morgan fingerprint density at radius 2 is 1.93 bits per heavy atom. The Kier molecular flexibility index (Phi) is 4.75. The van der Waals surface area contributed by atoms with Crippen LogP contribution in [0, 0.1) is 0 Å². The first-order chi connectivity index (χ1) is 13.3. The molecule has 0 aliphatic heterocycles. The number of carboxylic acid groups (broad SMARTS) is 1. The third-order valence-corrected chi connectivity index (χ3v) is 8.02. The molecule has 0 radical (unpaired) electrons. The van der Waals surface area contributed by atoms with E-state index >= 15 is 0 Å². The molecule has 1 aromatic carbocycles. The predicted octanol–water partition coefficient (Wildman–Crippen LogP) is 3.75. The Morgan fingerprint density at radius 3 is 2.57 bits per heavy atom. The van der Waals surface area contributed by atoms with Gasteiger partial charge in [-0.25, -0.2) is 8.42 Å². The molecule has 144 valence electrons. The number of aromatic nitrogens is 1. The maximum atomic E-state index is 12.9. The fraction of sp³-hybridized carbons (Fsp3) is 0.158. The number of aliphatic carboxylic acids is 1. The lowest BCUT2D eigenvalue weighted by atomic mass is 10.1. The van der Waals surface area contributed by atoms with E-state index in [4.69, 9.17) is 11.6 Å². The highest BCUT2D eigenvalue weighted by Gasteiger charge is 2.63. The van der Waals surface area contributed by atoms with Crippen LogP contribution in [0.5, 0.6) is 0 Å². The number of carboxylic acids is 1. The van der Waals surface area contributed by atoms with Crippen molar-refractivity contribution >= 4 is 38.9 Å². The summed E-state index contributed by atoms with van der Waals surface area (Å²) < 4.78 is 28.2. The molecule has 1 aliphatic carbocycles. The SMILES string of the molecule is O=C(O)[C@]1(NS(=O)(=O)c2ccc(-c3ccc(Cl)cn3)s2)C[C@H]1c1ccccc1. The fourth-order valence-corrected chi connectivity index (χ4v) is 5.96. The molecular formula is C19H15ClN2O4S2. The molecule has 1 aliphatic rings. The number of nitrogens with zero attached hydrogens (tertiary/aromatic N) is 1. The quantitative estimate of drug-likeness (QED) is 0.615. The second-order valence-electron chi connectivity index (χ2n) is 6.53. The molecule has 1 saturated carbocycles. The van der Waals surface area contributed by atoms with Gasteiger partial charge in [0.1, 0.15) is 9.75 Å². The lowest BCUT2D eigenvalue weighted by molar-refractivity contribution is -0.140. The molecule has 2 N–H and O–H groups in total. The van der Waals surface area contributed by atoms with Gasteiger partial charge in [-0.3, -0.25) is 9.78 Å². The zero-order valence-corrected chi connectivity index (χ0v) is 16.8. The van der Waals surface area contributed by atoms with E-state index in [-0.39, 0.29) is 10.6 Å². The lowest BCUT2D eigenvalue weighted by Gasteiger charge is -2.14. The van der Waals surface area contributed by atoms with Crippen LogP contribution in [0.4, 0.5) is 0 Å². The average Bonchev–Trinajstić information content (AvgIpc) is 3.17. The summed E-state index contributed by atoms with van der Waals surface area (Å²) in [4.78, 5) is 16.7. The smallest absolute Gasteiger partial charge is 0.325 e. The highest BCUT2D eigenvalue weighted by Crippen LogP contribution is 2.52. The first kappa shape index (κ1) is 19.1. The summed E-state index contributed by atoms with van der Waals surface area (Å²) in [5, 5.41) is 10.2. The van der Waals surface area contributed by atoms with Crippen LogP contribution in [0.1, 0.15) is 17.9 Å². The van der Waals surface area contributed by atoms with Crippen LogP contribution in [0.3, 0.4) is 0 Å². The second kappa shape index (κ2) is 6.97. The van der Waals surface area contributed by atoms with E-state index in [0.717, 1.165) is 16.9 Å². The Hall–Kier alpha value is -2.26. The normalized spacial score (nSPS) is 21.4. The van der Waals surface area contributed by atoms with Crippen molar-refractivity contribution in [2.24, 2.45) is 0 Å². The van der Waals surface area contributed by atoms with Crippen LogP contribution in [0.25, 0.3) is 10.6 Å². The number of hydrogen-bond donors (Lipinski definition) is 2. The predicted molar refractivity (Wildman–Crippen MR) is 107 cm³/mol. The molecule has 28 heavy (non-hydrogen) atoms. The topological polar surface area (TPSA) is 96.4 Å². The minimum Gasteiger partial charge on any atom is -0.480 e. The molecule has 2 heterocycles. The number of pyridine rings is 1. The minimum atomic E-state index is -4.00. The first-order valence-corrected chi connectivity index (χ1v) is 11.0. The van der Waals surface area contributed by atoms with Crippen LogP contribution in [-0.4, -0.2) is 30.0 Å². The van der Waals surface area contributed by atoms with Gasteiger partial charge in [-0.1, -0.05) is 41.9 Å². The summed E-state index contributed by atoms with van der Waals surface area (Å²) in [5.41, 5.74) is -0.134. The Morgan fingerprint density at radius 1 is 1.18 bits per heavy atom. The second-order valence-corrected chi connectivity index (χ2v) is 9.96. The molecule has 0 saturated heterocycles. The fourth-order valence-electron chi connectivity index (χ4n) is 3.16. The molecule has 2 aromatic heterocycles. The Balaban J connectivity index is 1.60. The van der Waals surface area contributed by atoms with Crippen molar-refractivity contribution in [3.8, 4) is 10.6 Å². The molecule has 1 fully saturated rings. The molecule has 0 amide bonds. The number of halogens is 1. The van der Waals surface area contributed by atoms with Crippen molar-refractivity contribution < 1.29 is 18.3 Å². The minimum absolute atomic E-state index is 0.0404. The summed E-state index contributed by atoms with van der Waals surface area (Å²) in [6.07, 6.45) is 1.69. The molecule has 6 nitrogen and oxygen atoms in total. The van der Waals surface area contributed by atoms with Crippen molar-refractivity contribution in [1.29, 1.82) is 0 Å². The van der Waals surface area contributed by atoms with Crippen molar-refractivity contribution in [1.82, 2.24) is 9.71 Å². The standard InChI is InChI=1S/C19H15ClN2O4S2/c20-13-6-7-15(21-11-13)16-8-9-17(27-16)28(25,26)22-19(18(23)24)10-14(19)12-4-2-1-3-5-12/h1-9,11,14,22H,10H2,(H,23,24)/t14-,19-/m0/s1. The number of thiophene rings is 1. The van der Waals surface area contributed by atoms with Crippen LogP contribution >= 0.6 is 22.9 Å². The summed E-state index contributed by atoms with van der Waals surface area (Å²) >= 11 is 6.86. The number of benzene rings is 1. The van der Waals surface area contributed by atoms with E-state index < -0.39 is 27.4 Å². The van der Waals surface area contributed by atoms with Crippen LogP contribution in [0.2, 0.25) is 5.02 Å². The van der Waals surface area contributed by atoms with Gasteiger partial charge in [-0.2, -0.15) is 4.72 Å². The molecule has 3 aromatic rings. The van der Waals surface area contributed by atoms with Crippen molar-refractivity contribution in [3.05, 3.63) is 71.4 Å². The van der Waals surface area contributed by atoms with Gasteiger partial charge >= 0.3 is 5.97 Å². The molecule has 0 unspecified atom stereocenters. The number of sulfonamides is 1. The molecule has 0 spiro atoms. The average molecular weight is 435 g/mol. The number of nitrogens with one attached hydrogen (secondary N) is 1. The van der Waals surface area contributed by atoms with Crippen molar-refractivity contribution in [2.75, 3.05) is 0 Å². The van der Waals surface area contributed by atoms with E-state index in [1.807, 2.05) is 6.07 Å². The van der Waals surface area contributed by atoms with Gasteiger partial charge < -0.3 is 5.11 Å². The summed E-state index contributed by atoms with van der Waals surface area (Å²) in [6.45, 7) is 0. The van der Waals surface area contributed by atoms with Gasteiger partial charge in [0, 0.05) is 12.1 Å². The van der Waals surface area contributed by atoms with Gasteiger partial charge in [-0.15, -0.1) is 11.3 Å². The summed E-state index contributed by atoms with van der Waals surface area (Å²) in [6, 6.07) is 15.5. The number of hydrogen-bond acceptors (Lipinski definition) is 5. The molecular weight excluding hydrogens is 420 g/mol. The van der Waals surface area contributed by atoms with Gasteiger partial charge in [0.25, 0.3) is 10.0 Å². The van der Waals surface area contributed by atoms with E-state index in [2.05, 4.69) is 9.71 Å².